The first-order valence-corrected chi connectivity index (χ1v) is 14.4. The van der Waals surface area contributed by atoms with Crippen LogP contribution in [0.3, 0.4) is 0 Å². The summed E-state index contributed by atoms with van der Waals surface area (Å²) in [6, 6.07) is 37.1. The van der Waals surface area contributed by atoms with E-state index >= 15 is 0 Å². The third-order valence-corrected chi connectivity index (χ3v) is 7.13. The van der Waals surface area contributed by atoms with Crippen LogP contribution in [0.2, 0.25) is 0 Å². The number of hydrogen-bond acceptors (Lipinski definition) is 7. The van der Waals surface area contributed by atoms with E-state index in [1.165, 1.54) is 22.3 Å². The SMILES string of the molecule is Cc1cccc(CNc2ccc(-c3cc(COCc4cc(-c5ccc(NCc6cccc(C)c6)cc5)no4)on3)cc2)c1. The Morgan fingerprint density at radius 3 is 1.42 bits per heavy atom. The van der Waals surface area contributed by atoms with Gasteiger partial charge in [-0.2, -0.15) is 0 Å². The van der Waals surface area contributed by atoms with Gasteiger partial charge in [0.05, 0.1) is 0 Å². The van der Waals surface area contributed by atoms with Gasteiger partial charge in [-0.15, -0.1) is 0 Å². The summed E-state index contributed by atoms with van der Waals surface area (Å²) in [5.74, 6) is 1.29. The topological polar surface area (TPSA) is 85.4 Å². The van der Waals surface area contributed by atoms with Crippen molar-refractivity contribution in [1.82, 2.24) is 10.3 Å². The second-order valence-corrected chi connectivity index (χ2v) is 10.7. The molecule has 0 amide bonds. The summed E-state index contributed by atoms with van der Waals surface area (Å²) in [7, 11) is 0. The minimum absolute atomic E-state index is 0.278. The van der Waals surface area contributed by atoms with E-state index < -0.39 is 0 Å². The quantitative estimate of drug-likeness (QED) is 0.152. The fraction of sp³-hybridized carbons (Fsp3) is 0.167. The molecular weight excluding hydrogens is 536 g/mol. The maximum absolute atomic E-state index is 5.82. The fourth-order valence-corrected chi connectivity index (χ4v) is 4.86. The van der Waals surface area contributed by atoms with Crippen LogP contribution in [-0.4, -0.2) is 10.3 Å². The molecule has 0 fully saturated rings. The highest BCUT2D eigenvalue weighted by atomic mass is 16.5. The molecule has 0 aliphatic rings. The summed E-state index contributed by atoms with van der Waals surface area (Å²) in [5, 5.41) is 15.4. The molecule has 2 heterocycles. The van der Waals surface area contributed by atoms with Crippen LogP contribution in [0, 0.1) is 13.8 Å². The summed E-state index contributed by atoms with van der Waals surface area (Å²) >= 11 is 0. The normalized spacial score (nSPS) is 11.0. The lowest BCUT2D eigenvalue weighted by atomic mass is 10.1. The molecule has 0 bridgehead atoms. The first-order valence-electron chi connectivity index (χ1n) is 14.4. The first-order chi connectivity index (χ1) is 21.1. The maximum atomic E-state index is 5.82. The molecule has 7 heteroatoms. The molecule has 0 unspecified atom stereocenters. The van der Waals surface area contributed by atoms with Crippen molar-refractivity contribution in [1.29, 1.82) is 0 Å². The van der Waals surface area contributed by atoms with Gasteiger partial charge >= 0.3 is 0 Å². The Balaban J connectivity index is 0.963. The number of nitrogens with one attached hydrogen (secondary N) is 2. The van der Waals surface area contributed by atoms with Crippen molar-refractivity contribution in [2.75, 3.05) is 10.6 Å². The van der Waals surface area contributed by atoms with Crippen molar-refractivity contribution >= 4 is 11.4 Å². The van der Waals surface area contributed by atoms with Gasteiger partial charge < -0.3 is 24.4 Å². The van der Waals surface area contributed by atoms with E-state index in [1.54, 1.807) is 0 Å². The van der Waals surface area contributed by atoms with Crippen molar-refractivity contribution in [2.45, 2.75) is 40.2 Å². The molecule has 0 aliphatic heterocycles. The number of rotatable bonds is 12. The zero-order chi connectivity index (χ0) is 29.4. The predicted octanol–water partition coefficient (Wildman–Crippen LogP) is 8.55. The van der Waals surface area contributed by atoms with Crippen molar-refractivity contribution in [3.05, 3.63) is 143 Å². The van der Waals surface area contributed by atoms with Gasteiger partial charge in [0.15, 0.2) is 11.5 Å². The Morgan fingerprint density at radius 2 is 1.00 bits per heavy atom. The van der Waals surface area contributed by atoms with Gasteiger partial charge in [0.2, 0.25) is 0 Å². The monoisotopic (exact) mass is 570 g/mol. The molecule has 0 radical (unpaired) electrons. The number of benzene rings is 4. The van der Waals surface area contributed by atoms with Gasteiger partial charge in [-0.1, -0.05) is 94.2 Å². The second kappa shape index (κ2) is 13.2. The highest BCUT2D eigenvalue weighted by Crippen LogP contribution is 2.24. The minimum atomic E-state index is 0.278. The zero-order valence-electron chi connectivity index (χ0n) is 24.3. The van der Waals surface area contributed by atoms with E-state index in [1.807, 2.05) is 60.7 Å². The van der Waals surface area contributed by atoms with E-state index in [4.69, 9.17) is 13.8 Å². The van der Waals surface area contributed by atoms with Gasteiger partial charge in [-0.3, -0.25) is 0 Å². The third kappa shape index (κ3) is 7.58. The number of anilines is 2. The van der Waals surface area contributed by atoms with Crippen molar-refractivity contribution < 1.29 is 13.8 Å². The van der Waals surface area contributed by atoms with Crippen LogP contribution in [0.25, 0.3) is 22.5 Å². The molecule has 43 heavy (non-hydrogen) atoms. The highest BCUT2D eigenvalue weighted by Gasteiger charge is 2.10. The molecule has 0 saturated heterocycles. The Bertz CT molecular complexity index is 1640. The largest absolute Gasteiger partial charge is 0.381 e. The van der Waals surface area contributed by atoms with E-state index in [2.05, 4.69) is 83.3 Å². The molecule has 0 spiro atoms. The minimum Gasteiger partial charge on any atom is -0.381 e. The van der Waals surface area contributed by atoms with E-state index in [0.29, 0.717) is 11.5 Å². The third-order valence-electron chi connectivity index (χ3n) is 7.13. The molecule has 2 aromatic heterocycles. The number of ether oxygens (including phenoxy) is 1. The van der Waals surface area contributed by atoms with E-state index in [-0.39, 0.29) is 13.2 Å². The van der Waals surface area contributed by atoms with Crippen molar-refractivity contribution in [2.24, 2.45) is 0 Å². The lowest BCUT2D eigenvalue weighted by molar-refractivity contribution is 0.0727. The molecule has 4 aromatic carbocycles. The van der Waals surface area contributed by atoms with Gasteiger partial charge in [-0.25, -0.2) is 0 Å². The summed E-state index contributed by atoms with van der Waals surface area (Å²) in [4.78, 5) is 0. The van der Waals surface area contributed by atoms with Crippen molar-refractivity contribution in [3.8, 4) is 22.5 Å². The summed E-state index contributed by atoms with van der Waals surface area (Å²) in [6.45, 7) is 6.32. The van der Waals surface area contributed by atoms with Crippen LogP contribution < -0.4 is 10.6 Å². The molecule has 0 saturated carbocycles. The van der Waals surface area contributed by atoms with Crippen LogP contribution in [0.5, 0.6) is 0 Å². The van der Waals surface area contributed by atoms with Crippen LogP contribution in [0.15, 0.2) is 118 Å². The second-order valence-electron chi connectivity index (χ2n) is 10.7. The molecular formula is C36H34N4O3. The smallest absolute Gasteiger partial charge is 0.163 e. The molecule has 216 valence electrons. The van der Waals surface area contributed by atoms with Gasteiger partial charge in [0, 0.05) is 47.7 Å². The molecule has 2 N–H and O–H groups in total. The Morgan fingerprint density at radius 1 is 0.558 bits per heavy atom. The maximum Gasteiger partial charge on any atom is 0.163 e. The Labute approximate surface area is 251 Å². The van der Waals surface area contributed by atoms with E-state index in [0.717, 1.165) is 47.0 Å². The standard InChI is InChI=1S/C36H34N4O3/c1-25-5-3-7-27(17-25)21-37-31-13-9-29(10-14-31)35-19-33(42-39-35)23-41-24-34-20-36(40-43-34)30-11-15-32(16-12-30)38-22-28-8-4-6-26(2)18-28/h3-20,37-38H,21-24H2,1-2H3. The predicted molar refractivity (Wildman–Crippen MR) is 169 cm³/mol. The summed E-state index contributed by atoms with van der Waals surface area (Å²) in [6.07, 6.45) is 0. The van der Waals surface area contributed by atoms with Crippen LogP contribution in [0.1, 0.15) is 33.8 Å². The van der Waals surface area contributed by atoms with Crippen LogP contribution in [0.4, 0.5) is 11.4 Å². The van der Waals surface area contributed by atoms with Crippen molar-refractivity contribution in [3.63, 3.8) is 0 Å². The summed E-state index contributed by atoms with van der Waals surface area (Å²) < 4.78 is 16.8. The van der Waals surface area contributed by atoms with Crippen LogP contribution in [-0.2, 0) is 31.0 Å². The highest BCUT2D eigenvalue weighted by molar-refractivity contribution is 5.63. The summed E-state index contributed by atoms with van der Waals surface area (Å²) in [5.41, 5.74) is 10.6. The molecule has 7 nitrogen and oxygen atoms in total. The Kier molecular flexibility index (Phi) is 8.61. The molecule has 6 rings (SSSR count). The lowest BCUT2D eigenvalue weighted by Gasteiger charge is -2.07. The number of hydrogen-bond donors (Lipinski definition) is 2. The van der Waals surface area contributed by atoms with Crippen LogP contribution >= 0.6 is 0 Å². The molecule has 0 atom stereocenters. The fourth-order valence-electron chi connectivity index (χ4n) is 4.86. The number of aryl methyl sites for hydroxylation is 2. The number of nitrogens with zero attached hydrogens (tertiary/aromatic N) is 2. The lowest BCUT2D eigenvalue weighted by Crippen LogP contribution is -1.99. The average Bonchev–Trinajstić information content (AvgIpc) is 3.70. The van der Waals surface area contributed by atoms with Gasteiger partial charge in [0.1, 0.15) is 24.6 Å². The first kappa shape index (κ1) is 28.0. The average molecular weight is 571 g/mol. The molecule has 0 aliphatic carbocycles. The van der Waals surface area contributed by atoms with Gasteiger partial charge in [0.25, 0.3) is 0 Å². The zero-order valence-corrected chi connectivity index (χ0v) is 24.3. The number of aromatic nitrogens is 2. The van der Waals surface area contributed by atoms with E-state index in [9.17, 15) is 0 Å². The van der Waals surface area contributed by atoms with Gasteiger partial charge in [-0.05, 0) is 49.2 Å². The molecule has 6 aromatic rings. The Hall–Kier alpha value is -5.14.